The second-order valence-corrected chi connectivity index (χ2v) is 7.03. The molecule has 0 aliphatic rings. The number of hydrogen-bond acceptors (Lipinski definition) is 9. The first-order valence-electron chi connectivity index (χ1n) is 9.61. The van der Waals surface area contributed by atoms with E-state index in [1.54, 1.807) is 12.1 Å². The van der Waals surface area contributed by atoms with Crippen LogP contribution in [0.3, 0.4) is 0 Å². The average Bonchev–Trinajstić information content (AvgIpc) is 2.70. The van der Waals surface area contributed by atoms with E-state index in [-0.39, 0.29) is 46.7 Å². The van der Waals surface area contributed by atoms with Gasteiger partial charge in [-0.2, -0.15) is 0 Å². The molecular formula is C23H25NO8. The Balaban J connectivity index is 2.58. The molecule has 0 bridgehead atoms. The molecule has 0 unspecified atom stereocenters. The van der Waals surface area contributed by atoms with Gasteiger partial charge in [0.15, 0.2) is 17.2 Å². The van der Waals surface area contributed by atoms with Crippen LogP contribution in [0.1, 0.15) is 37.8 Å². The van der Waals surface area contributed by atoms with Crippen molar-refractivity contribution in [3.8, 4) is 23.0 Å². The molecule has 9 heteroatoms. The SMILES string of the molecule is COC(=O)Cc1ccc(Oc2cc(C(C(C)=O)C(C)=O)cc(OC)c2OC(C)=O)c(N)c1. The quantitative estimate of drug-likeness (QED) is 0.269. The number of ketones is 2. The Morgan fingerprint density at radius 3 is 2.03 bits per heavy atom. The summed E-state index contributed by atoms with van der Waals surface area (Å²) in [4.78, 5) is 47.3. The average molecular weight is 443 g/mol. The van der Waals surface area contributed by atoms with Crippen LogP contribution in [0.25, 0.3) is 0 Å². The van der Waals surface area contributed by atoms with Gasteiger partial charge >= 0.3 is 11.9 Å². The summed E-state index contributed by atoms with van der Waals surface area (Å²) in [5, 5.41) is 0. The summed E-state index contributed by atoms with van der Waals surface area (Å²) < 4.78 is 21.1. The summed E-state index contributed by atoms with van der Waals surface area (Å²) in [7, 11) is 2.64. The number of carbonyl (C=O) groups is 4. The van der Waals surface area contributed by atoms with Crippen LogP contribution >= 0.6 is 0 Å². The van der Waals surface area contributed by atoms with Gasteiger partial charge in [-0.05, 0) is 49.2 Å². The monoisotopic (exact) mass is 443 g/mol. The molecular weight excluding hydrogens is 418 g/mol. The summed E-state index contributed by atoms with van der Waals surface area (Å²) in [5.41, 5.74) is 7.21. The van der Waals surface area contributed by atoms with Crippen LogP contribution in [0, 0.1) is 0 Å². The predicted molar refractivity (Wildman–Crippen MR) is 115 cm³/mol. The van der Waals surface area contributed by atoms with Gasteiger partial charge in [0.2, 0.25) is 5.75 Å². The molecule has 170 valence electrons. The van der Waals surface area contributed by atoms with Gasteiger partial charge in [-0.3, -0.25) is 19.2 Å². The molecule has 32 heavy (non-hydrogen) atoms. The normalized spacial score (nSPS) is 10.4. The Hall–Kier alpha value is -3.88. The van der Waals surface area contributed by atoms with Crippen molar-refractivity contribution in [1.82, 2.24) is 0 Å². The highest BCUT2D eigenvalue weighted by Gasteiger charge is 2.27. The van der Waals surface area contributed by atoms with E-state index in [0.717, 1.165) is 0 Å². The fraction of sp³-hybridized carbons (Fsp3) is 0.304. The van der Waals surface area contributed by atoms with E-state index in [1.807, 2.05) is 0 Å². The molecule has 0 saturated carbocycles. The smallest absolute Gasteiger partial charge is 0.309 e. The van der Waals surface area contributed by atoms with E-state index in [9.17, 15) is 19.2 Å². The van der Waals surface area contributed by atoms with Gasteiger partial charge in [0.05, 0.1) is 26.3 Å². The van der Waals surface area contributed by atoms with Crippen molar-refractivity contribution in [1.29, 1.82) is 0 Å². The topological polar surface area (TPSA) is 131 Å². The molecule has 0 spiro atoms. The van der Waals surface area contributed by atoms with Crippen molar-refractivity contribution in [2.45, 2.75) is 33.1 Å². The Morgan fingerprint density at radius 2 is 1.53 bits per heavy atom. The maximum absolute atomic E-state index is 12.1. The van der Waals surface area contributed by atoms with Crippen molar-refractivity contribution < 1.29 is 38.1 Å². The van der Waals surface area contributed by atoms with Gasteiger partial charge in [-0.15, -0.1) is 0 Å². The first kappa shape index (κ1) is 24.4. The third kappa shape index (κ3) is 5.84. The molecule has 0 saturated heterocycles. The van der Waals surface area contributed by atoms with Crippen LogP contribution in [0.4, 0.5) is 5.69 Å². The number of anilines is 1. The van der Waals surface area contributed by atoms with Crippen molar-refractivity contribution >= 4 is 29.2 Å². The Kier molecular flexibility index (Phi) is 7.95. The van der Waals surface area contributed by atoms with Gasteiger partial charge in [0.25, 0.3) is 0 Å². The highest BCUT2D eigenvalue weighted by atomic mass is 16.6. The minimum atomic E-state index is -1.04. The molecule has 0 aliphatic carbocycles. The van der Waals surface area contributed by atoms with Crippen LogP contribution in [-0.2, 0) is 30.3 Å². The van der Waals surface area contributed by atoms with Gasteiger partial charge in [-0.25, -0.2) is 0 Å². The third-order valence-corrected chi connectivity index (χ3v) is 4.53. The van der Waals surface area contributed by atoms with Crippen molar-refractivity contribution in [2.24, 2.45) is 0 Å². The van der Waals surface area contributed by atoms with Crippen LogP contribution in [0.15, 0.2) is 30.3 Å². The van der Waals surface area contributed by atoms with Gasteiger partial charge in [0.1, 0.15) is 17.5 Å². The molecule has 0 radical (unpaired) electrons. The van der Waals surface area contributed by atoms with E-state index >= 15 is 0 Å². The number of esters is 2. The van der Waals surface area contributed by atoms with E-state index in [1.165, 1.54) is 53.2 Å². The highest BCUT2D eigenvalue weighted by Crippen LogP contribution is 2.44. The number of nitrogens with two attached hydrogens (primary N) is 1. The van der Waals surface area contributed by atoms with Crippen LogP contribution in [-0.4, -0.2) is 37.7 Å². The van der Waals surface area contributed by atoms with Crippen molar-refractivity contribution in [3.63, 3.8) is 0 Å². The molecule has 0 aromatic heterocycles. The number of hydrogen-bond donors (Lipinski definition) is 1. The number of nitrogen functional groups attached to an aromatic ring is 1. The maximum atomic E-state index is 12.1. The third-order valence-electron chi connectivity index (χ3n) is 4.53. The van der Waals surface area contributed by atoms with Crippen LogP contribution < -0.4 is 19.9 Å². The minimum Gasteiger partial charge on any atom is -0.493 e. The zero-order valence-corrected chi connectivity index (χ0v) is 18.5. The molecule has 0 aliphatic heterocycles. The number of benzene rings is 2. The Bertz CT molecular complexity index is 1050. The zero-order chi connectivity index (χ0) is 24.0. The first-order chi connectivity index (χ1) is 15.1. The highest BCUT2D eigenvalue weighted by molar-refractivity contribution is 6.05. The van der Waals surface area contributed by atoms with E-state index in [2.05, 4.69) is 4.74 Å². The number of methoxy groups -OCH3 is 2. The number of carbonyl (C=O) groups excluding carboxylic acids is 4. The Labute approximate surface area is 185 Å². The lowest BCUT2D eigenvalue weighted by Crippen LogP contribution is -2.17. The second kappa shape index (κ2) is 10.4. The summed E-state index contributed by atoms with van der Waals surface area (Å²) in [5.74, 6) is -2.53. The molecule has 2 rings (SSSR count). The summed E-state index contributed by atoms with van der Waals surface area (Å²) in [6.07, 6.45) is 0.0297. The number of Topliss-reactive ketones (excluding diaryl/α,β-unsaturated/α-hetero) is 2. The molecule has 2 aromatic rings. The lowest BCUT2D eigenvalue weighted by atomic mass is 9.91. The standard InChI is InChI=1S/C23H25NO8/c1-12(25)22(13(2)26)16-10-19(29-4)23(31-14(3)27)20(11-16)32-18-7-6-15(8-17(18)24)9-21(28)30-5/h6-8,10-11,22H,9,24H2,1-5H3. The molecule has 0 heterocycles. The van der Waals surface area contributed by atoms with E-state index < -0.39 is 17.9 Å². The van der Waals surface area contributed by atoms with Gasteiger partial charge in [0, 0.05) is 6.92 Å². The van der Waals surface area contributed by atoms with Crippen LogP contribution in [0.5, 0.6) is 23.0 Å². The zero-order valence-electron chi connectivity index (χ0n) is 18.5. The number of ether oxygens (including phenoxy) is 4. The molecule has 9 nitrogen and oxygen atoms in total. The first-order valence-corrected chi connectivity index (χ1v) is 9.61. The molecule has 0 fully saturated rings. The lowest BCUT2D eigenvalue weighted by molar-refractivity contribution is -0.140. The van der Waals surface area contributed by atoms with Crippen molar-refractivity contribution in [2.75, 3.05) is 20.0 Å². The summed E-state index contributed by atoms with van der Waals surface area (Å²) >= 11 is 0. The number of rotatable bonds is 9. The van der Waals surface area contributed by atoms with Gasteiger partial charge < -0.3 is 24.7 Å². The largest absolute Gasteiger partial charge is 0.493 e. The summed E-state index contributed by atoms with van der Waals surface area (Å²) in [6, 6.07) is 7.59. The predicted octanol–water partition coefficient (Wildman–Crippen LogP) is 2.97. The molecule has 2 N–H and O–H groups in total. The fourth-order valence-electron chi connectivity index (χ4n) is 3.15. The Morgan fingerprint density at radius 1 is 0.906 bits per heavy atom. The van der Waals surface area contributed by atoms with Crippen molar-refractivity contribution in [3.05, 3.63) is 41.5 Å². The van der Waals surface area contributed by atoms with E-state index in [0.29, 0.717) is 11.1 Å². The molecule has 2 aromatic carbocycles. The van der Waals surface area contributed by atoms with Crippen LogP contribution in [0.2, 0.25) is 0 Å². The van der Waals surface area contributed by atoms with E-state index in [4.69, 9.17) is 19.9 Å². The molecule has 0 atom stereocenters. The second-order valence-electron chi connectivity index (χ2n) is 7.03. The minimum absolute atomic E-state index is 0.0227. The maximum Gasteiger partial charge on any atom is 0.309 e. The lowest BCUT2D eigenvalue weighted by Gasteiger charge is -2.19. The fourth-order valence-corrected chi connectivity index (χ4v) is 3.15. The van der Waals surface area contributed by atoms with Gasteiger partial charge in [-0.1, -0.05) is 6.07 Å². The molecule has 0 amide bonds. The summed E-state index contributed by atoms with van der Waals surface area (Å²) in [6.45, 7) is 3.81.